The highest BCUT2D eigenvalue weighted by Crippen LogP contribution is 2.44. The number of carbonyl (C=O) groups is 2. The first-order valence-electron chi connectivity index (χ1n) is 5.11. The van der Waals surface area contributed by atoms with Crippen LogP contribution in [-0.4, -0.2) is 40.3 Å². The van der Waals surface area contributed by atoms with E-state index in [0.717, 1.165) is 0 Å². The first-order valence-corrected chi connectivity index (χ1v) is 6.61. The largest absolute Gasteiger partial charge is 0.589 e. The molecular formula is C10H15O8P. The summed E-state index contributed by atoms with van der Waals surface area (Å²) >= 11 is 0. The van der Waals surface area contributed by atoms with Gasteiger partial charge in [0.05, 0.1) is 0 Å². The van der Waals surface area contributed by atoms with Crippen LogP contribution >= 0.6 is 7.82 Å². The molecule has 0 radical (unpaired) electrons. The second-order valence-corrected chi connectivity index (χ2v) is 4.68. The molecule has 0 unspecified atom stereocenters. The first-order chi connectivity index (χ1) is 8.73. The van der Waals surface area contributed by atoms with Crippen molar-refractivity contribution in [2.24, 2.45) is 0 Å². The Kier molecular flexibility index (Phi) is 7.25. The van der Waals surface area contributed by atoms with Crippen molar-refractivity contribution >= 4 is 19.8 Å². The van der Waals surface area contributed by atoms with E-state index in [4.69, 9.17) is 15.1 Å². The maximum atomic E-state index is 11.3. The molecule has 0 aromatic heterocycles. The molecule has 0 aliphatic rings. The van der Waals surface area contributed by atoms with Gasteiger partial charge in [-0.2, -0.15) is 0 Å². The minimum absolute atomic E-state index is 0.149. The van der Waals surface area contributed by atoms with Gasteiger partial charge >= 0.3 is 19.8 Å². The van der Waals surface area contributed by atoms with Crippen molar-refractivity contribution in [2.45, 2.75) is 12.8 Å². The quantitative estimate of drug-likeness (QED) is 0.423. The summed E-state index contributed by atoms with van der Waals surface area (Å²) in [5.41, 5.74) is -0.496. The first kappa shape index (κ1) is 17.5. The molecule has 0 amide bonds. The Labute approximate surface area is 109 Å². The van der Waals surface area contributed by atoms with E-state index in [1.807, 2.05) is 0 Å². The van der Waals surface area contributed by atoms with E-state index in [2.05, 4.69) is 22.2 Å². The summed E-state index contributed by atoms with van der Waals surface area (Å²) in [5, 5.41) is 17.1. The van der Waals surface area contributed by atoms with E-state index in [-0.39, 0.29) is 24.0 Å². The highest BCUT2D eigenvalue weighted by atomic mass is 31.2. The van der Waals surface area contributed by atoms with Gasteiger partial charge in [0.2, 0.25) is 0 Å². The molecule has 19 heavy (non-hydrogen) atoms. The summed E-state index contributed by atoms with van der Waals surface area (Å²) in [5.74, 6) is -2.53. The van der Waals surface area contributed by atoms with Gasteiger partial charge in [-0.05, 0) is 0 Å². The standard InChI is InChI=1S/C10H15O8P/c1-7(3-5-11)9(13)17-19(15,16)18-10(14)8(2)4-6-12/h11-12H,1-6H2,(H,15,16). The predicted octanol–water partition coefficient (Wildman–Crippen LogP) is 0.0504. The molecule has 0 aromatic rings. The Morgan fingerprint density at radius 2 is 1.26 bits per heavy atom. The maximum Gasteiger partial charge on any atom is 0.589 e. The van der Waals surface area contributed by atoms with Gasteiger partial charge in [0.1, 0.15) is 0 Å². The topological polar surface area (TPSA) is 130 Å². The SMILES string of the molecule is C=C(CCO)C(=O)OP(=O)(O)OC(=O)C(=C)CCO. The molecule has 9 heteroatoms. The molecule has 0 fully saturated rings. The fourth-order valence-corrected chi connectivity index (χ4v) is 1.55. The third kappa shape index (κ3) is 6.88. The lowest BCUT2D eigenvalue weighted by molar-refractivity contribution is -0.136. The van der Waals surface area contributed by atoms with Crippen LogP contribution in [0.5, 0.6) is 0 Å². The number of hydrogen-bond acceptors (Lipinski definition) is 7. The van der Waals surface area contributed by atoms with Crippen molar-refractivity contribution in [3.05, 3.63) is 24.3 Å². The second kappa shape index (κ2) is 7.85. The van der Waals surface area contributed by atoms with Crippen LogP contribution in [0.1, 0.15) is 12.8 Å². The van der Waals surface area contributed by atoms with Crippen molar-refractivity contribution in [3.8, 4) is 0 Å². The van der Waals surface area contributed by atoms with Crippen molar-refractivity contribution in [3.63, 3.8) is 0 Å². The lowest BCUT2D eigenvalue weighted by Gasteiger charge is -2.12. The lowest BCUT2D eigenvalue weighted by Crippen LogP contribution is -2.12. The molecular weight excluding hydrogens is 279 g/mol. The number of phosphoric ester groups is 1. The van der Waals surface area contributed by atoms with Gasteiger partial charge in [-0.1, -0.05) is 13.2 Å². The number of aliphatic hydroxyl groups excluding tert-OH is 2. The molecule has 0 rings (SSSR count). The lowest BCUT2D eigenvalue weighted by atomic mass is 10.2. The van der Waals surface area contributed by atoms with E-state index >= 15 is 0 Å². The molecule has 3 N–H and O–H groups in total. The Hall–Kier alpha value is -1.47. The molecule has 0 spiro atoms. The van der Waals surface area contributed by atoms with Gasteiger partial charge in [-0.3, -0.25) is 4.89 Å². The summed E-state index contributed by atoms with van der Waals surface area (Å²) in [6.07, 6.45) is -0.298. The molecule has 0 saturated carbocycles. The molecule has 0 bridgehead atoms. The van der Waals surface area contributed by atoms with Gasteiger partial charge in [0.25, 0.3) is 0 Å². The highest BCUT2D eigenvalue weighted by Gasteiger charge is 2.32. The van der Waals surface area contributed by atoms with Crippen LogP contribution in [0.2, 0.25) is 0 Å². The molecule has 0 heterocycles. The van der Waals surface area contributed by atoms with E-state index in [1.165, 1.54) is 0 Å². The minimum Gasteiger partial charge on any atom is -0.396 e. The average Bonchev–Trinajstić information content (AvgIpc) is 2.28. The van der Waals surface area contributed by atoms with Gasteiger partial charge in [-0.15, -0.1) is 0 Å². The summed E-state index contributed by atoms with van der Waals surface area (Å²) in [7, 11) is -4.94. The molecule has 0 aliphatic heterocycles. The zero-order valence-corrected chi connectivity index (χ0v) is 11.0. The van der Waals surface area contributed by atoms with Crippen molar-refractivity contribution in [1.82, 2.24) is 0 Å². The Morgan fingerprint density at radius 1 is 0.947 bits per heavy atom. The normalized spacial score (nSPS) is 10.7. The zero-order chi connectivity index (χ0) is 15.1. The van der Waals surface area contributed by atoms with Gasteiger partial charge in [0.15, 0.2) is 0 Å². The van der Waals surface area contributed by atoms with E-state index < -0.39 is 33.0 Å². The fraction of sp³-hybridized carbons (Fsp3) is 0.400. The highest BCUT2D eigenvalue weighted by molar-refractivity contribution is 7.48. The second-order valence-electron chi connectivity index (χ2n) is 3.38. The fourth-order valence-electron chi connectivity index (χ4n) is 0.831. The molecule has 8 nitrogen and oxygen atoms in total. The van der Waals surface area contributed by atoms with Crippen molar-refractivity contribution in [1.29, 1.82) is 0 Å². The number of phosphoric acid groups is 1. The summed E-state index contributed by atoms with van der Waals surface area (Å²) in [6, 6.07) is 0. The van der Waals surface area contributed by atoms with Gasteiger partial charge in [-0.25, -0.2) is 14.2 Å². The maximum absolute atomic E-state index is 11.3. The number of rotatable bonds is 8. The molecule has 0 saturated heterocycles. The Bertz CT molecular complexity index is 391. The van der Waals surface area contributed by atoms with Crippen LogP contribution in [0.4, 0.5) is 0 Å². The predicted molar refractivity (Wildman–Crippen MR) is 63.7 cm³/mol. The van der Waals surface area contributed by atoms with Gasteiger partial charge in [0, 0.05) is 37.2 Å². The minimum atomic E-state index is -4.94. The Balaban J connectivity index is 4.52. The van der Waals surface area contributed by atoms with Crippen LogP contribution in [0, 0.1) is 0 Å². The number of hydrogen-bond donors (Lipinski definition) is 3. The van der Waals surface area contributed by atoms with Crippen molar-refractivity contribution in [2.75, 3.05) is 13.2 Å². The van der Waals surface area contributed by atoms with Crippen LogP contribution in [0.15, 0.2) is 24.3 Å². The van der Waals surface area contributed by atoms with E-state index in [9.17, 15) is 14.2 Å². The third-order valence-electron chi connectivity index (χ3n) is 1.80. The summed E-state index contributed by atoms with van der Waals surface area (Å²) in [6.45, 7) is 5.64. The van der Waals surface area contributed by atoms with Crippen LogP contribution in [0.3, 0.4) is 0 Å². The monoisotopic (exact) mass is 294 g/mol. The van der Waals surface area contributed by atoms with E-state index in [1.54, 1.807) is 0 Å². The smallest absolute Gasteiger partial charge is 0.396 e. The summed E-state index contributed by atoms with van der Waals surface area (Å²) in [4.78, 5) is 31.6. The summed E-state index contributed by atoms with van der Waals surface area (Å²) < 4.78 is 19.4. The van der Waals surface area contributed by atoms with Crippen LogP contribution < -0.4 is 0 Å². The van der Waals surface area contributed by atoms with E-state index in [0.29, 0.717) is 0 Å². The number of aliphatic hydroxyl groups is 2. The van der Waals surface area contributed by atoms with Crippen LogP contribution in [0.25, 0.3) is 0 Å². The molecule has 0 atom stereocenters. The molecule has 0 aliphatic carbocycles. The third-order valence-corrected chi connectivity index (χ3v) is 2.59. The average molecular weight is 294 g/mol. The molecule has 108 valence electrons. The zero-order valence-electron chi connectivity index (χ0n) is 10.1. The molecule has 0 aromatic carbocycles. The van der Waals surface area contributed by atoms with Crippen LogP contribution in [-0.2, 0) is 23.2 Å². The van der Waals surface area contributed by atoms with Crippen molar-refractivity contribution < 1.29 is 38.3 Å². The Morgan fingerprint density at radius 3 is 1.53 bits per heavy atom. The van der Waals surface area contributed by atoms with Gasteiger partial charge < -0.3 is 19.3 Å². The number of carbonyl (C=O) groups excluding carboxylic acids is 2.